The SMILES string of the molecule is CCC1CCC(C#N)C(N2CCc3ccccc32)C1. The summed E-state index contributed by atoms with van der Waals surface area (Å²) in [4.78, 5) is 2.52. The molecule has 1 saturated carbocycles. The summed E-state index contributed by atoms with van der Waals surface area (Å²) in [5, 5.41) is 9.45. The lowest BCUT2D eigenvalue weighted by Gasteiger charge is -2.39. The van der Waals surface area contributed by atoms with Crippen molar-refractivity contribution in [1.29, 1.82) is 5.26 Å². The molecule has 1 aromatic carbocycles. The molecule has 0 aromatic heterocycles. The molecule has 2 nitrogen and oxygen atoms in total. The first kappa shape index (κ1) is 12.5. The quantitative estimate of drug-likeness (QED) is 0.803. The van der Waals surface area contributed by atoms with Gasteiger partial charge in [0.2, 0.25) is 0 Å². The minimum Gasteiger partial charge on any atom is -0.367 e. The predicted molar refractivity (Wildman–Crippen MR) is 78.0 cm³/mol. The molecular formula is C17H22N2. The van der Waals surface area contributed by atoms with E-state index in [0.29, 0.717) is 6.04 Å². The molecule has 0 radical (unpaired) electrons. The minimum atomic E-state index is 0.217. The molecule has 3 rings (SSSR count). The van der Waals surface area contributed by atoms with E-state index < -0.39 is 0 Å². The Morgan fingerprint density at radius 1 is 1.32 bits per heavy atom. The van der Waals surface area contributed by atoms with Gasteiger partial charge in [-0.25, -0.2) is 0 Å². The Bertz CT molecular complexity index is 488. The number of anilines is 1. The zero-order chi connectivity index (χ0) is 13.2. The number of nitriles is 1. The number of fused-ring (bicyclic) bond motifs is 1. The molecular weight excluding hydrogens is 232 g/mol. The van der Waals surface area contributed by atoms with Crippen molar-refractivity contribution in [3.05, 3.63) is 29.8 Å². The van der Waals surface area contributed by atoms with Gasteiger partial charge in [-0.1, -0.05) is 31.5 Å². The zero-order valence-corrected chi connectivity index (χ0v) is 11.7. The maximum Gasteiger partial charge on any atom is 0.0677 e. The van der Waals surface area contributed by atoms with Crippen LogP contribution in [0, 0.1) is 23.2 Å². The molecule has 0 amide bonds. The lowest BCUT2D eigenvalue weighted by molar-refractivity contribution is 0.262. The summed E-state index contributed by atoms with van der Waals surface area (Å²) in [5.41, 5.74) is 2.84. The van der Waals surface area contributed by atoms with Crippen LogP contribution in [0.3, 0.4) is 0 Å². The van der Waals surface area contributed by atoms with Crippen LogP contribution >= 0.6 is 0 Å². The number of benzene rings is 1. The fourth-order valence-corrected chi connectivity index (χ4v) is 3.81. The van der Waals surface area contributed by atoms with Crippen molar-refractivity contribution in [2.24, 2.45) is 11.8 Å². The average Bonchev–Trinajstić information content (AvgIpc) is 2.90. The van der Waals surface area contributed by atoms with E-state index in [9.17, 15) is 5.26 Å². The van der Waals surface area contributed by atoms with Gasteiger partial charge in [0, 0.05) is 18.3 Å². The van der Waals surface area contributed by atoms with Crippen LogP contribution in [0.15, 0.2) is 24.3 Å². The van der Waals surface area contributed by atoms with Gasteiger partial charge in [-0.15, -0.1) is 0 Å². The first-order chi connectivity index (χ1) is 9.33. The molecule has 1 aromatic rings. The smallest absolute Gasteiger partial charge is 0.0677 e. The number of hydrogen-bond acceptors (Lipinski definition) is 2. The van der Waals surface area contributed by atoms with Crippen molar-refractivity contribution in [3.8, 4) is 6.07 Å². The van der Waals surface area contributed by atoms with Crippen LogP contribution in [0.2, 0.25) is 0 Å². The Balaban J connectivity index is 1.86. The van der Waals surface area contributed by atoms with Crippen LogP contribution in [0.4, 0.5) is 5.69 Å². The lowest BCUT2D eigenvalue weighted by atomic mass is 9.77. The Labute approximate surface area is 116 Å². The van der Waals surface area contributed by atoms with Crippen LogP contribution < -0.4 is 4.90 Å². The molecule has 0 spiro atoms. The van der Waals surface area contributed by atoms with Crippen molar-refractivity contribution in [2.45, 2.75) is 45.1 Å². The highest BCUT2D eigenvalue weighted by atomic mass is 15.2. The first-order valence-electron chi connectivity index (χ1n) is 7.57. The summed E-state index contributed by atoms with van der Waals surface area (Å²) in [6, 6.07) is 11.7. The molecule has 1 heterocycles. The van der Waals surface area contributed by atoms with Crippen molar-refractivity contribution in [2.75, 3.05) is 11.4 Å². The molecule has 3 unspecified atom stereocenters. The first-order valence-corrected chi connectivity index (χ1v) is 7.57. The highest BCUT2D eigenvalue weighted by Gasteiger charge is 2.36. The van der Waals surface area contributed by atoms with Gasteiger partial charge in [-0.2, -0.15) is 5.26 Å². The highest BCUT2D eigenvalue weighted by Crippen LogP contribution is 2.39. The maximum absolute atomic E-state index is 9.45. The predicted octanol–water partition coefficient (Wildman–Crippen LogP) is 3.77. The van der Waals surface area contributed by atoms with Crippen molar-refractivity contribution in [1.82, 2.24) is 0 Å². The van der Waals surface area contributed by atoms with Crippen LogP contribution in [0.25, 0.3) is 0 Å². The standard InChI is InChI=1S/C17H22N2/c1-2-13-7-8-15(12-18)17(11-13)19-10-9-14-5-3-4-6-16(14)19/h3-6,13,15,17H,2,7-11H2,1H3. The molecule has 1 fully saturated rings. The van der Waals surface area contributed by atoms with Crippen LogP contribution in [0.1, 0.15) is 38.2 Å². The summed E-state index contributed by atoms with van der Waals surface area (Å²) < 4.78 is 0. The number of hydrogen-bond donors (Lipinski definition) is 0. The van der Waals surface area contributed by atoms with E-state index >= 15 is 0 Å². The molecule has 19 heavy (non-hydrogen) atoms. The van der Waals surface area contributed by atoms with E-state index in [4.69, 9.17) is 0 Å². The Morgan fingerprint density at radius 2 is 2.16 bits per heavy atom. The van der Waals surface area contributed by atoms with E-state index in [0.717, 1.165) is 25.3 Å². The molecule has 0 bridgehead atoms. The summed E-state index contributed by atoms with van der Waals surface area (Å²) in [6.07, 6.45) is 5.91. The second kappa shape index (κ2) is 5.25. The van der Waals surface area contributed by atoms with Gasteiger partial charge in [0.1, 0.15) is 0 Å². The van der Waals surface area contributed by atoms with Gasteiger partial charge >= 0.3 is 0 Å². The topological polar surface area (TPSA) is 27.0 Å². The van der Waals surface area contributed by atoms with Gasteiger partial charge < -0.3 is 4.90 Å². The summed E-state index contributed by atoms with van der Waals surface area (Å²) in [7, 11) is 0. The molecule has 1 aliphatic heterocycles. The van der Waals surface area contributed by atoms with Gasteiger partial charge in [0.05, 0.1) is 12.0 Å². The van der Waals surface area contributed by atoms with E-state index in [2.05, 4.69) is 42.2 Å². The van der Waals surface area contributed by atoms with Gasteiger partial charge in [0.25, 0.3) is 0 Å². The van der Waals surface area contributed by atoms with E-state index in [1.165, 1.54) is 30.5 Å². The third kappa shape index (κ3) is 2.23. The monoisotopic (exact) mass is 254 g/mol. The molecule has 2 heteroatoms. The number of nitrogens with zero attached hydrogens (tertiary/aromatic N) is 2. The van der Waals surface area contributed by atoms with Crippen molar-refractivity contribution < 1.29 is 0 Å². The second-order valence-electron chi connectivity index (χ2n) is 5.96. The summed E-state index contributed by atoms with van der Waals surface area (Å²) in [6.45, 7) is 3.38. The molecule has 0 N–H and O–H groups in total. The summed E-state index contributed by atoms with van der Waals surface area (Å²) >= 11 is 0. The number of rotatable bonds is 2. The minimum absolute atomic E-state index is 0.217. The van der Waals surface area contributed by atoms with Crippen LogP contribution in [0.5, 0.6) is 0 Å². The van der Waals surface area contributed by atoms with Crippen LogP contribution in [-0.4, -0.2) is 12.6 Å². The van der Waals surface area contributed by atoms with Crippen molar-refractivity contribution >= 4 is 5.69 Å². The normalized spacial score (nSPS) is 29.9. The second-order valence-corrected chi connectivity index (χ2v) is 5.96. The van der Waals surface area contributed by atoms with Gasteiger partial charge in [-0.05, 0) is 43.2 Å². The molecule has 100 valence electrons. The lowest BCUT2D eigenvalue weighted by Crippen LogP contribution is -2.43. The number of para-hydroxylation sites is 1. The highest BCUT2D eigenvalue weighted by molar-refractivity contribution is 5.59. The zero-order valence-electron chi connectivity index (χ0n) is 11.7. The fourth-order valence-electron chi connectivity index (χ4n) is 3.81. The fraction of sp³-hybridized carbons (Fsp3) is 0.588. The van der Waals surface area contributed by atoms with E-state index in [1.54, 1.807) is 0 Å². The largest absolute Gasteiger partial charge is 0.367 e. The van der Waals surface area contributed by atoms with Gasteiger partial charge in [0.15, 0.2) is 0 Å². The summed E-state index contributed by atoms with van der Waals surface area (Å²) in [5.74, 6) is 1.02. The molecule has 2 aliphatic rings. The Kier molecular flexibility index (Phi) is 3.46. The van der Waals surface area contributed by atoms with E-state index in [1.807, 2.05) is 0 Å². The molecule has 0 saturated heterocycles. The maximum atomic E-state index is 9.45. The molecule has 3 atom stereocenters. The third-order valence-electron chi connectivity index (χ3n) is 4.99. The van der Waals surface area contributed by atoms with E-state index in [-0.39, 0.29) is 5.92 Å². The Morgan fingerprint density at radius 3 is 2.95 bits per heavy atom. The van der Waals surface area contributed by atoms with Crippen molar-refractivity contribution in [3.63, 3.8) is 0 Å². The van der Waals surface area contributed by atoms with Gasteiger partial charge in [-0.3, -0.25) is 0 Å². The Hall–Kier alpha value is -1.49. The van der Waals surface area contributed by atoms with Crippen LogP contribution in [-0.2, 0) is 6.42 Å². The third-order valence-corrected chi connectivity index (χ3v) is 4.99. The molecule has 1 aliphatic carbocycles. The average molecular weight is 254 g/mol.